The largest absolute Gasteiger partial charge is 0.445 e. The number of nitrogens with zero attached hydrogens (tertiary/aromatic N) is 4. The van der Waals surface area contributed by atoms with E-state index in [-0.39, 0.29) is 5.28 Å². The number of hydrogen-bond acceptors (Lipinski definition) is 9. The Morgan fingerprint density at radius 1 is 1.31 bits per heavy atom. The van der Waals surface area contributed by atoms with Crippen LogP contribution in [0.2, 0.25) is 5.28 Å². The van der Waals surface area contributed by atoms with Crippen LogP contribution in [0.4, 0.5) is 5.82 Å². The van der Waals surface area contributed by atoms with Crippen molar-refractivity contribution < 1.29 is 19.4 Å². The maximum atomic E-state index is 12.5. The second-order valence-corrected chi connectivity index (χ2v) is 7.83. The number of esters is 1. The fraction of sp³-hybridized carbons (Fsp3) is 0.333. The number of aliphatic hydroxyl groups excluding tert-OH is 1. The Kier molecular flexibility index (Phi) is 5.59. The molecule has 0 aliphatic carbocycles. The first-order chi connectivity index (χ1) is 14.0. The van der Waals surface area contributed by atoms with E-state index < -0.39 is 29.0 Å². The Bertz CT molecular complexity index is 1030. The molecular formula is C18H18ClN5O4S. The molecule has 2 N–H and O–H groups in total. The van der Waals surface area contributed by atoms with Gasteiger partial charge in [-0.3, -0.25) is 4.57 Å². The van der Waals surface area contributed by atoms with Gasteiger partial charge >= 0.3 is 5.97 Å². The monoisotopic (exact) mass is 435 g/mol. The highest BCUT2D eigenvalue weighted by Gasteiger charge is 2.47. The smallest absolute Gasteiger partial charge is 0.339 e. The van der Waals surface area contributed by atoms with Gasteiger partial charge in [-0.05, 0) is 23.7 Å². The van der Waals surface area contributed by atoms with Crippen molar-refractivity contribution in [3.63, 3.8) is 0 Å². The van der Waals surface area contributed by atoms with Gasteiger partial charge in [-0.2, -0.15) is 9.97 Å². The van der Waals surface area contributed by atoms with E-state index in [0.717, 1.165) is 0 Å². The van der Waals surface area contributed by atoms with Gasteiger partial charge < -0.3 is 19.9 Å². The number of halogens is 1. The minimum Gasteiger partial charge on any atom is -0.445 e. The fourth-order valence-electron chi connectivity index (χ4n) is 3.19. The van der Waals surface area contributed by atoms with Gasteiger partial charge in [-0.25, -0.2) is 9.78 Å². The number of nitrogens with one attached hydrogen (secondary N) is 1. The van der Waals surface area contributed by atoms with E-state index in [1.807, 2.05) is 6.07 Å². The molecular weight excluding hydrogens is 418 g/mol. The molecule has 152 valence electrons. The number of thioether (sulfide) groups is 1. The number of anilines is 1. The summed E-state index contributed by atoms with van der Waals surface area (Å²) in [5.41, 5.74) is 0.678. The van der Waals surface area contributed by atoms with E-state index in [1.165, 1.54) is 18.9 Å². The zero-order chi connectivity index (χ0) is 20.5. The summed E-state index contributed by atoms with van der Waals surface area (Å²) >= 11 is 7.28. The van der Waals surface area contributed by atoms with Crippen LogP contribution in [0.1, 0.15) is 15.7 Å². The van der Waals surface area contributed by atoms with Crippen molar-refractivity contribution in [1.82, 2.24) is 19.5 Å². The minimum absolute atomic E-state index is 0.0523. The molecule has 2 aromatic heterocycles. The van der Waals surface area contributed by atoms with Crippen LogP contribution in [0.25, 0.3) is 11.2 Å². The highest BCUT2D eigenvalue weighted by molar-refractivity contribution is 8.00. The van der Waals surface area contributed by atoms with Crippen LogP contribution in [0, 0.1) is 0 Å². The molecule has 11 heteroatoms. The van der Waals surface area contributed by atoms with E-state index in [2.05, 4.69) is 20.3 Å². The maximum absolute atomic E-state index is 12.5. The normalized spacial score (nSPS) is 24.0. The van der Waals surface area contributed by atoms with Crippen LogP contribution in [-0.4, -0.2) is 62.4 Å². The first-order valence-electron chi connectivity index (χ1n) is 8.73. The van der Waals surface area contributed by atoms with Crippen LogP contribution in [-0.2, 0) is 9.47 Å². The number of methoxy groups -OCH3 is 1. The molecule has 1 aromatic carbocycles. The van der Waals surface area contributed by atoms with E-state index in [9.17, 15) is 9.90 Å². The molecule has 9 nitrogen and oxygen atoms in total. The number of rotatable bonds is 5. The summed E-state index contributed by atoms with van der Waals surface area (Å²) in [4.78, 5) is 25.2. The number of carbonyl (C=O) groups is 1. The second-order valence-electron chi connectivity index (χ2n) is 6.27. The molecule has 0 amide bonds. The summed E-state index contributed by atoms with van der Waals surface area (Å²) in [7, 11) is 3.17. The van der Waals surface area contributed by atoms with Crippen molar-refractivity contribution in [2.24, 2.45) is 0 Å². The number of benzene rings is 1. The summed E-state index contributed by atoms with van der Waals surface area (Å²) in [6.45, 7) is 0. The lowest BCUT2D eigenvalue weighted by molar-refractivity contribution is -0.0545. The van der Waals surface area contributed by atoms with E-state index in [0.29, 0.717) is 22.5 Å². The number of ether oxygens (including phenoxy) is 2. The van der Waals surface area contributed by atoms with Crippen LogP contribution in [0.5, 0.6) is 0 Å². The van der Waals surface area contributed by atoms with Crippen molar-refractivity contribution >= 4 is 46.3 Å². The molecule has 0 saturated carbocycles. The maximum Gasteiger partial charge on any atom is 0.339 e. The Hall–Kier alpha value is -2.40. The average molecular weight is 436 g/mol. The summed E-state index contributed by atoms with van der Waals surface area (Å²) < 4.78 is 12.7. The molecule has 1 aliphatic heterocycles. The zero-order valence-electron chi connectivity index (χ0n) is 15.5. The number of aromatic nitrogens is 4. The molecule has 3 heterocycles. The van der Waals surface area contributed by atoms with Crippen molar-refractivity contribution in [3.05, 3.63) is 47.5 Å². The summed E-state index contributed by atoms with van der Waals surface area (Å²) in [5.74, 6) is -0.0112. The highest BCUT2D eigenvalue weighted by atomic mass is 35.5. The van der Waals surface area contributed by atoms with Crippen molar-refractivity contribution in [3.8, 4) is 0 Å². The molecule has 0 radical (unpaired) electrons. The van der Waals surface area contributed by atoms with Crippen molar-refractivity contribution in [2.45, 2.75) is 23.0 Å². The lowest BCUT2D eigenvalue weighted by Crippen LogP contribution is -2.35. The number of fused-ring (bicyclic) bond motifs is 1. The van der Waals surface area contributed by atoms with E-state index in [1.54, 1.807) is 42.2 Å². The molecule has 1 fully saturated rings. The molecule has 4 rings (SSSR count). The first-order valence-corrected chi connectivity index (χ1v) is 10.1. The molecule has 1 aliphatic rings. The Morgan fingerprint density at radius 3 is 2.76 bits per heavy atom. The van der Waals surface area contributed by atoms with Gasteiger partial charge in [0, 0.05) is 14.2 Å². The van der Waals surface area contributed by atoms with Gasteiger partial charge in [0.1, 0.15) is 17.6 Å². The summed E-state index contributed by atoms with van der Waals surface area (Å²) in [5, 5.41) is 13.3. The van der Waals surface area contributed by atoms with Gasteiger partial charge in [0.05, 0.1) is 11.9 Å². The van der Waals surface area contributed by atoms with Crippen LogP contribution in [0.3, 0.4) is 0 Å². The zero-order valence-corrected chi connectivity index (χ0v) is 17.1. The Morgan fingerprint density at radius 2 is 2.07 bits per heavy atom. The minimum atomic E-state index is -0.970. The van der Waals surface area contributed by atoms with Gasteiger partial charge in [-0.1, -0.05) is 30.0 Å². The Labute approximate surface area is 175 Å². The van der Waals surface area contributed by atoms with Gasteiger partial charge in [0.2, 0.25) is 5.28 Å². The quantitative estimate of drug-likeness (QED) is 0.460. The van der Waals surface area contributed by atoms with Gasteiger partial charge in [0.15, 0.2) is 22.4 Å². The van der Waals surface area contributed by atoms with Gasteiger partial charge in [0.25, 0.3) is 0 Å². The molecule has 0 bridgehead atoms. The topological polar surface area (TPSA) is 111 Å². The SMILES string of the molecule is CNc1nc(Cl)nc2c1ncn2C1SC(OC(=O)c2ccccc2)C(OC)C1O. The third kappa shape index (κ3) is 3.64. The fourth-order valence-corrected chi connectivity index (χ4v) is 4.80. The third-order valence-corrected chi connectivity index (χ3v) is 6.17. The van der Waals surface area contributed by atoms with Crippen LogP contribution < -0.4 is 5.32 Å². The second kappa shape index (κ2) is 8.15. The number of imidazole rings is 1. The molecule has 29 heavy (non-hydrogen) atoms. The lowest BCUT2D eigenvalue weighted by atomic mass is 10.2. The number of hydrogen-bond donors (Lipinski definition) is 2. The number of carbonyl (C=O) groups excluding carboxylic acids is 1. The van der Waals surface area contributed by atoms with Crippen LogP contribution in [0.15, 0.2) is 36.7 Å². The van der Waals surface area contributed by atoms with Crippen molar-refractivity contribution in [1.29, 1.82) is 0 Å². The summed E-state index contributed by atoms with van der Waals surface area (Å²) in [6, 6.07) is 8.66. The molecule has 4 atom stereocenters. The Balaban J connectivity index is 1.63. The standard InChI is InChI=1S/C18H18ClN5O4S/c1-20-13-10-14(23-18(19)22-13)24(8-21-10)15-11(25)12(27-2)17(29-15)28-16(26)9-6-4-3-5-7-9/h3-8,11-12,15,17,25H,1-2H3,(H,20,22,23). The predicted molar refractivity (Wildman–Crippen MR) is 109 cm³/mol. The number of aliphatic hydroxyl groups is 1. The lowest BCUT2D eigenvalue weighted by Gasteiger charge is -2.20. The predicted octanol–water partition coefficient (Wildman–Crippen LogP) is 2.33. The molecule has 1 saturated heterocycles. The molecule has 3 aromatic rings. The first kappa shape index (κ1) is 19.9. The van der Waals surface area contributed by atoms with E-state index in [4.69, 9.17) is 21.1 Å². The average Bonchev–Trinajstić information content (AvgIpc) is 3.28. The van der Waals surface area contributed by atoms with E-state index >= 15 is 0 Å². The highest BCUT2D eigenvalue weighted by Crippen LogP contribution is 2.45. The third-order valence-electron chi connectivity index (χ3n) is 4.58. The van der Waals surface area contributed by atoms with Crippen LogP contribution >= 0.6 is 23.4 Å². The molecule has 0 spiro atoms. The van der Waals surface area contributed by atoms with Crippen molar-refractivity contribution in [2.75, 3.05) is 19.5 Å². The van der Waals surface area contributed by atoms with Gasteiger partial charge in [-0.15, -0.1) is 0 Å². The molecule has 4 unspecified atom stereocenters. The summed E-state index contributed by atoms with van der Waals surface area (Å²) in [6.07, 6.45) is -0.148.